The summed E-state index contributed by atoms with van der Waals surface area (Å²) in [5.74, 6) is 0. The third-order valence-corrected chi connectivity index (χ3v) is 19.8. The van der Waals surface area contributed by atoms with Crippen molar-refractivity contribution >= 4 is 69.1 Å². The van der Waals surface area contributed by atoms with Crippen LogP contribution in [0.3, 0.4) is 0 Å². The second-order valence-electron chi connectivity index (χ2n) is 26.2. The molecular formula is C76H138BaO6S2. The second-order valence-corrected chi connectivity index (χ2v) is 29.0. The van der Waals surface area contributed by atoms with Gasteiger partial charge in [-0.25, -0.2) is 16.8 Å². The Morgan fingerprint density at radius 3 is 0.447 bits per heavy atom. The van der Waals surface area contributed by atoms with E-state index in [1.54, 1.807) is 24.3 Å². The van der Waals surface area contributed by atoms with E-state index >= 15 is 0 Å². The van der Waals surface area contributed by atoms with Crippen molar-refractivity contribution in [3.05, 3.63) is 59.7 Å². The summed E-state index contributed by atoms with van der Waals surface area (Å²) in [7, 11) is -8.66. The van der Waals surface area contributed by atoms with Crippen molar-refractivity contribution in [1.29, 1.82) is 0 Å². The first-order valence-electron chi connectivity index (χ1n) is 37.2. The zero-order valence-corrected chi connectivity index (χ0v) is 62.5. The van der Waals surface area contributed by atoms with E-state index in [1.807, 2.05) is 0 Å². The van der Waals surface area contributed by atoms with Gasteiger partial charge in [-0.15, -0.1) is 0 Å². The molecule has 492 valence electrons. The molecule has 0 atom stereocenters. The van der Waals surface area contributed by atoms with Crippen LogP contribution in [0, 0.1) is 0 Å². The van der Waals surface area contributed by atoms with Crippen LogP contribution in [-0.2, 0) is 33.1 Å². The smallest absolute Gasteiger partial charge is 0.744 e. The SMILES string of the molecule is CCCCCCCCCCCCCCCCCCCCCCCCCCCCCCCCc1ccc(S(=O)(=O)[O-])cc1.CCCCCCCCCCCCCCCCCCCCCCCCCCCCCCCCc1ccc(S(=O)(=O)[O-])cc1.[Ba+2]. The fraction of sp³-hybridized carbons (Fsp3) is 0.842. The fourth-order valence-corrected chi connectivity index (χ4v) is 13.3. The Bertz CT molecular complexity index is 1720. The van der Waals surface area contributed by atoms with Gasteiger partial charge in [0.2, 0.25) is 0 Å². The van der Waals surface area contributed by atoms with Gasteiger partial charge < -0.3 is 9.11 Å². The van der Waals surface area contributed by atoms with Gasteiger partial charge in [0.05, 0.1) is 9.79 Å². The summed E-state index contributed by atoms with van der Waals surface area (Å²) in [6, 6.07) is 12.8. The normalized spacial score (nSPS) is 11.7. The molecule has 0 spiro atoms. The van der Waals surface area contributed by atoms with Crippen molar-refractivity contribution in [2.24, 2.45) is 0 Å². The van der Waals surface area contributed by atoms with Crippen LogP contribution in [-0.4, -0.2) is 74.8 Å². The van der Waals surface area contributed by atoms with Gasteiger partial charge in [0.15, 0.2) is 0 Å². The molecule has 2 aromatic rings. The molecule has 0 saturated carbocycles. The molecule has 0 aliphatic rings. The van der Waals surface area contributed by atoms with E-state index < -0.39 is 20.2 Å². The molecule has 0 aromatic heterocycles. The average Bonchev–Trinajstić information content (AvgIpc) is 3.66. The summed E-state index contributed by atoms with van der Waals surface area (Å²) in [5, 5.41) is 0. The molecule has 6 nitrogen and oxygen atoms in total. The van der Waals surface area contributed by atoms with Crippen LogP contribution in [0.25, 0.3) is 0 Å². The van der Waals surface area contributed by atoms with Crippen LogP contribution in [0.15, 0.2) is 58.3 Å². The zero-order valence-electron chi connectivity index (χ0n) is 56.4. The Morgan fingerprint density at radius 2 is 0.329 bits per heavy atom. The molecule has 9 heteroatoms. The predicted molar refractivity (Wildman–Crippen MR) is 370 cm³/mol. The maximum Gasteiger partial charge on any atom is 2.00 e. The van der Waals surface area contributed by atoms with Gasteiger partial charge in [0.25, 0.3) is 0 Å². The van der Waals surface area contributed by atoms with Crippen molar-refractivity contribution in [3.8, 4) is 0 Å². The van der Waals surface area contributed by atoms with Gasteiger partial charge >= 0.3 is 48.9 Å². The monoisotopic (exact) mass is 1350 g/mol. The number of hydrogen-bond donors (Lipinski definition) is 0. The summed E-state index contributed by atoms with van der Waals surface area (Å²) in [6.07, 6.45) is 86.9. The molecule has 0 unspecified atom stereocenters. The number of hydrogen-bond acceptors (Lipinski definition) is 6. The van der Waals surface area contributed by atoms with Gasteiger partial charge in [0.1, 0.15) is 20.2 Å². The standard InChI is InChI=1S/2C38H70O3S.Ba/c2*1-2-3-4-5-6-7-8-9-10-11-12-13-14-15-16-17-18-19-20-21-22-23-24-25-26-27-28-29-30-31-32-37-33-35-38(36-34-37)42(39,40)41;/h2*33-36H,2-32H2,1H3,(H,39,40,41);/q;;+2/p-2. The first-order valence-corrected chi connectivity index (χ1v) is 40.0. The molecule has 0 N–H and O–H groups in total. The molecule has 0 saturated heterocycles. The number of rotatable bonds is 64. The van der Waals surface area contributed by atoms with Gasteiger partial charge in [0, 0.05) is 0 Å². The molecule has 2 aromatic carbocycles. The summed E-state index contributed by atoms with van der Waals surface area (Å²) < 4.78 is 65.9. The van der Waals surface area contributed by atoms with Crippen molar-refractivity contribution < 1.29 is 25.9 Å². The molecule has 0 radical (unpaired) electrons. The van der Waals surface area contributed by atoms with E-state index in [-0.39, 0.29) is 58.7 Å². The molecule has 0 fully saturated rings. The Morgan fingerprint density at radius 1 is 0.212 bits per heavy atom. The Labute approximate surface area is 571 Å². The van der Waals surface area contributed by atoms with Crippen LogP contribution >= 0.6 is 0 Å². The van der Waals surface area contributed by atoms with E-state index in [0.29, 0.717) is 0 Å². The topological polar surface area (TPSA) is 114 Å². The van der Waals surface area contributed by atoms with E-state index in [4.69, 9.17) is 0 Å². The van der Waals surface area contributed by atoms with E-state index in [1.165, 1.54) is 397 Å². The Kier molecular flexibility index (Phi) is 65.2. The minimum atomic E-state index is -4.33. The first kappa shape index (κ1) is 84.8. The molecule has 0 aliphatic heterocycles. The Balaban J connectivity index is 0.00000164. The number of benzene rings is 2. The predicted octanol–water partition coefficient (Wildman–Crippen LogP) is 25.3. The quantitative estimate of drug-likeness (QED) is 0.0370. The van der Waals surface area contributed by atoms with Crippen molar-refractivity contribution in [2.75, 3.05) is 0 Å². The van der Waals surface area contributed by atoms with Gasteiger partial charge in [-0.2, -0.15) is 0 Å². The fourth-order valence-electron chi connectivity index (χ4n) is 12.3. The Hall–Kier alpha value is -0.169. The summed E-state index contributed by atoms with van der Waals surface area (Å²) >= 11 is 0. The van der Waals surface area contributed by atoms with Gasteiger partial charge in [-0.1, -0.05) is 411 Å². The van der Waals surface area contributed by atoms with Crippen LogP contribution in [0.2, 0.25) is 0 Å². The summed E-state index contributed by atoms with van der Waals surface area (Å²) in [6.45, 7) is 4.60. The van der Waals surface area contributed by atoms with Gasteiger partial charge in [-0.3, -0.25) is 0 Å². The molecule has 0 amide bonds. The summed E-state index contributed by atoms with van der Waals surface area (Å²) in [5.41, 5.74) is 2.23. The van der Waals surface area contributed by atoms with Crippen LogP contribution < -0.4 is 0 Å². The zero-order chi connectivity index (χ0) is 60.8. The number of aryl methyl sites for hydroxylation is 2. The molecule has 0 bridgehead atoms. The van der Waals surface area contributed by atoms with Crippen molar-refractivity contribution in [3.63, 3.8) is 0 Å². The largest absolute Gasteiger partial charge is 2.00 e. The minimum absolute atomic E-state index is 0. The minimum Gasteiger partial charge on any atom is -0.744 e. The molecule has 2 rings (SSSR count). The third-order valence-electron chi connectivity index (χ3n) is 18.1. The molecule has 85 heavy (non-hydrogen) atoms. The summed E-state index contributed by atoms with van der Waals surface area (Å²) in [4.78, 5) is -0.265. The second kappa shape index (κ2) is 65.3. The van der Waals surface area contributed by atoms with Gasteiger partial charge in [-0.05, 0) is 61.1 Å². The van der Waals surface area contributed by atoms with E-state index in [0.717, 1.165) is 36.8 Å². The first-order chi connectivity index (χ1) is 41.1. The van der Waals surface area contributed by atoms with Crippen LogP contribution in [0.1, 0.15) is 410 Å². The molecule has 0 heterocycles. The molecule has 0 aliphatic carbocycles. The van der Waals surface area contributed by atoms with E-state index in [2.05, 4.69) is 13.8 Å². The van der Waals surface area contributed by atoms with Crippen molar-refractivity contribution in [1.82, 2.24) is 0 Å². The van der Waals surface area contributed by atoms with Crippen molar-refractivity contribution in [2.45, 2.75) is 422 Å². The molecular weight excluding hydrogens is 1210 g/mol. The maximum atomic E-state index is 11.0. The number of unbranched alkanes of at least 4 members (excludes halogenated alkanes) is 58. The average molecular weight is 1350 g/mol. The van der Waals surface area contributed by atoms with E-state index in [9.17, 15) is 25.9 Å². The third kappa shape index (κ3) is 61.1. The van der Waals surface area contributed by atoms with Crippen LogP contribution in [0.4, 0.5) is 0 Å². The van der Waals surface area contributed by atoms with Crippen LogP contribution in [0.5, 0.6) is 0 Å². The maximum absolute atomic E-state index is 11.0.